The van der Waals surface area contributed by atoms with E-state index in [1.165, 1.54) is 28.8 Å². The van der Waals surface area contributed by atoms with Crippen molar-refractivity contribution in [3.8, 4) is 23.0 Å². The molecule has 4 aromatic carbocycles. The number of nitro groups is 1. The Balaban J connectivity index is 1.25. The molecule has 1 heterocycles. The van der Waals surface area contributed by atoms with Crippen LogP contribution in [0.3, 0.4) is 0 Å². The van der Waals surface area contributed by atoms with Crippen LogP contribution < -0.4 is 29.2 Å². The lowest BCUT2D eigenvalue weighted by atomic mass is 9.87. The molecular formula is C47H57N3O12S. The van der Waals surface area contributed by atoms with Gasteiger partial charge in [-0.05, 0) is 133 Å². The molecule has 0 saturated heterocycles. The summed E-state index contributed by atoms with van der Waals surface area (Å²) < 4.78 is 40.8. The summed E-state index contributed by atoms with van der Waals surface area (Å²) >= 11 is 1.26. The SMILES string of the molecule is CCOC(=O)C(Cc1ccc(OCC(=O)Nc2ccc(OCC3(C)CCc4c(C)c(OCOC)c(C)c(C)c4O3)cc2N(C)C(=O)OC(C)(C)C)cc1)Sc1ccc([N+](=O)[O-])cc1. The molecule has 0 radical (unpaired) electrons. The van der Waals surface area contributed by atoms with Gasteiger partial charge < -0.3 is 38.5 Å². The van der Waals surface area contributed by atoms with Crippen molar-refractivity contribution in [1.82, 2.24) is 0 Å². The molecule has 0 spiro atoms. The average Bonchev–Trinajstić information content (AvgIpc) is 3.24. The van der Waals surface area contributed by atoms with Gasteiger partial charge in [-0.3, -0.25) is 24.6 Å². The van der Waals surface area contributed by atoms with Crippen molar-refractivity contribution in [2.75, 3.05) is 51.0 Å². The number of anilines is 2. The highest BCUT2D eigenvalue weighted by molar-refractivity contribution is 8.00. The maximum Gasteiger partial charge on any atom is 0.414 e. The number of carbonyl (C=O) groups is 3. The molecule has 5 rings (SSSR count). The number of amides is 2. The Bertz CT molecular complexity index is 2280. The van der Waals surface area contributed by atoms with Gasteiger partial charge in [-0.15, -0.1) is 11.8 Å². The fourth-order valence-electron chi connectivity index (χ4n) is 6.86. The first-order valence-corrected chi connectivity index (χ1v) is 21.5. The molecule has 0 saturated carbocycles. The average molecular weight is 888 g/mol. The Hall–Kier alpha value is -6.00. The van der Waals surface area contributed by atoms with E-state index in [4.69, 9.17) is 33.2 Å². The number of hydrogen-bond donors (Lipinski definition) is 1. The van der Waals surface area contributed by atoms with Gasteiger partial charge in [0.1, 0.15) is 46.1 Å². The number of rotatable bonds is 18. The molecule has 2 unspecified atom stereocenters. The third-order valence-electron chi connectivity index (χ3n) is 10.3. The minimum absolute atomic E-state index is 0.0409. The molecule has 1 aliphatic rings. The lowest BCUT2D eigenvalue weighted by Crippen LogP contribution is -2.42. The summed E-state index contributed by atoms with van der Waals surface area (Å²) in [4.78, 5) is 52.1. The molecule has 0 aromatic heterocycles. The van der Waals surface area contributed by atoms with Gasteiger partial charge in [0.15, 0.2) is 13.4 Å². The van der Waals surface area contributed by atoms with Crippen LogP contribution in [0.15, 0.2) is 71.6 Å². The molecule has 0 aliphatic carbocycles. The molecule has 2 amide bonds. The quantitative estimate of drug-likeness (QED) is 0.0329. The zero-order valence-corrected chi connectivity index (χ0v) is 38.4. The number of benzene rings is 4. The molecule has 15 nitrogen and oxygen atoms in total. The van der Waals surface area contributed by atoms with E-state index in [1.807, 2.05) is 27.7 Å². The number of carbonyl (C=O) groups excluding carboxylic acids is 3. The van der Waals surface area contributed by atoms with Crippen molar-refractivity contribution < 1.29 is 52.5 Å². The number of nitro benzene ring substituents is 1. The Morgan fingerprint density at radius 2 is 1.63 bits per heavy atom. The second kappa shape index (κ2) is 20.9. The highest BCUT2D eigenvalue weighted by Crippen LogP contribution is 2.44. The molecule has 4 aromatic rings. The van der Waals surface area contributed by atoms with Gasteiger partial charge in [0, 0.05) is 42.8 Å². The van der Waals surface area contributed by atoms with Gasteiger partial charge in [-0.25, -0.2) is 4.79 Å². The molecule has 0 bridgehead atoms. The third kappa shape index (κ3) is 12.8. The Morgan fingerprint density at radius 1 is 0.952 bits per heavy atom. The summed E-state index contributed by atoms with van der Waals surface area (Å²) in [6.07, 6.45) is 1.14. The van der Waals surface area contributed by atoms with Gasteiger partial charge in [0.05, 0.1) is 22.9 Å². The number of methoxy groups -OCH3 is 1. The maximum absolute atomic E-state index is 13.3. The summed E-state index contributed by atoms with van der Waals surface area (Å²) in [5.41, 5.74) is 4.11. The predicted octanol–water partition coefficient (Wildman–Crippen LogP) is 9.32. The van der Waals surface area contributed by atoms with E-state index in [9.17, 15) is 24.5 Å². The van der Waals surface area contributed by atoms with Crippen LogP contribution >= 0.6 is 11.8 Å². The van der Waals surface area contributed by atoms with Gasteiger partial charge in [-0.2, -0.15) is 0 Å². The molecular weight excluding hydrogens is 831 g/mol. The van der Waals surface area contributed by atoms with E-state index >= 15 is 0 Å². The summed E-state index contributed by atoms with van der Waals surface area (Å²) in [5, 5.41) is 13.3. The van der Waals surface area contributed by atoms with Crippen LogP contribution in [0.2, 0.25) is 0 Å². The number of nitrogens with one attached hydrogen (secondary N) is 1. The lowest BCUT2D eigenvalue weighted by molar-refractivity contribution is -0.384. The second-order valence-corrected chi connectivity index (χ2v) is 17.7. The summed E-state index contributed by atoms with van der Waals surface area (Å²) in [6.45, 7) is 15.3. The first kappa shape index (κ1) is 48.0. The highest BCUT2D eigenvalue weighted by Gasteiger charge is 2.36. The van der Waals surface area contributed by atoms with Gasteiger partial charge in [0.2, 0.25) is 0 Å². The Labute approximate surface area is 372 Å². The molecule has 63 heavy (non-hydrogen) atoms. The van der Waals surface area contributed by atoms with Crippen LogP contribution in [-0.4, -0.2) is 80.1 Å². The van der Waals surface area contributed by atoms with Crippen LogP contribution in [0, 0.1) is 30.9 Å². The number of thioether (sulfide) groups is 1. The highest BCUT2D eigenvalue weighted by atomic mass is 32.2. The molecule has 2 atom stereocenters. The lowest BCUT2D eigenvalue weighted by Gasteiger charge is -2.38. The summed E-state index contributed by atoms with van der Waals surface area (Å²) in [7, 11) is 3.15. The van der Waals surface area contributed by atoms with Crippen LogP contribution in [0.1, 0.15) is 68.9 Å². The normalized spacial score (nSPS) is 15.0. The number of non-ortho nitro benzene ring substituents is 1. The van der Waals surface area contributed by atoms with Crippen molar-refractivity contribution in [3.63, 3.8) is 0 Å². The van der Waals surface area contributed by atoms with E-state index < -0.39 is 39.3 Å². The van der Waals surface area contributed by atoms with Crippen molar-refractivity contribution in [1.29, 1.82) is 0 Å². The van der Waals surface area contributed by atoms with Gasteiger partial charge >= 0.3 is 12.1 Å². The fourth-order valence-corrected chi connectivity index (χ4v) is 7.92. The van der Waals surface area contributed by atoms with Gasteiger partial charge in [0.25, 0.3) is 11.6 Å². The summed E-state index contributed by atoms with van der Waals surface area (Å²) in [5.74, 6) is 1.62. The minimum atomic E-state index is -0.771. The first-order chi connectivity index (χ1) is 29.8. The zero-order chi connectivity index (χ0) is 46.1. The van der Waals surface area contributed by atoms with E-state index in [1.54, 1.807) is 96.4 Å². The first-order valence-electron chi connectivity index (χ1n) is 20.6. The van der Waals surface area contributed by atoms with Gasteiger partial charge in [-0.1, -0.05) is 12.1 Å². The van der Waals surface area contributed by atoms with Crippen molar-refractivity contribution in [3.05, 3.63) is 105 Å². The Kier molecular flexibility index (Phi) is 15.9. The monoisotopic (exact) mass is 887 g/mol. The Morgan fingerprint density at radius 3 is 2.27 bits per heavy atom. The minimum Gasteiger partial charge on any atom is -0.489 e. The predicted molar refractivity (Wildman–Crippen MR) is 241 cm³/mol. The van der Waals surface area contributed by atoms with E-state index in [-0.39, 0.29) is 32.3 Å². The van der Waals surface area contributed by atoms with Crippen molar-refractivity contribution in [2.45, 2.75) is 96.0 Å². The number of ether oxygens (including phenoxy) is 7. The standard InChI is InChI=1S/C47H57N3O12S/c1-11-57-44(52)40(63-36-19-14-33(15-20-36)50(54)55)24-32-12-16-34(17-13-32)58-26-41(51)48-38-21-18-35(25-39(38)49(9)45(53)62-46(5,6)7)59-27-47(8)23-22-37-31(4)42(60-28-56-10)29(2)30(3)43(37)61-47/h12-21,25,40H,11,22-24,26-28H2,1-10H3,(H,48,51). The molecule has 16 heteroatoms. The maximum atomic E-state index is 13.3. The molecule has 1 N–H and O–H groups in total. The number of esters is 1. The van der Waals surface area contributed by atoms with Crippen LogP contribution in [0.25, 0.3) is 0 Å². The smallest absolute Gasteiger partial charge is 0.414 e. The van der Waals surface area contributed by atoms with E-state index in [2.05, 4.69) is 5.32 Å². The van der Waals surface area contributed by atoms with Crippen molar-refractivity contribution >= 4 is 46.8 Å². The number of hydrogen-bond acceptors (Lipinski definition) is 13. The number of fused-ring (bicyclic) bond motifs is 1. The van der Waals surface area contributed by atoms with Crippen molar-refractivity contribution in [2.24, 2.45) is 0 Å². The molecule has 1 aliphatic heterocycles. The molecule has 0 fully saturated rings. The van der Waals surface area contributed by atoms with E-state index in [0.29, 0.717) is 40.6 Å². The van der Waals surface area contributed by atoms with Crippen LogP contribution in [0.5, 0.6) is 23.0 Å². The number of nitrogens with zero attached hydrogens (tertiary/aromatic N) is 2. The third-order valence-corrected chi connectivity index (χ3v) is 11.5. The topological polar surface area (TPSA) is 174 Å². The van der Waals surface area contributed by atoms with Crippen LogP contribution in [0.4, 0.5) is 21.9 Å². The van der Waals surface area contributed by atoms with E-state index in [0.717, 1.165) is 45.7 Å². The second-order valence-electron chi connectivity index (χ2n) is 16.4. The molecule has 338 valence electrons. The van der Waals surface area contributed by atoms with Crippen LogP contribution in [-0.2, 0) is 36.6 Å². The zero-order valence-electron chi connectivity index (χ0n) is 37.6. The largest absolute Gasteiger partial charge is 0.489 e. The fraction of sp³-hybridized carbons (Fsp3) is 0.426. The summed E-state index contributed by atoms with van der Waals surface area (Å²) in [6, 6.07) is 18.0.